The Bertz CT molecular complexity index is 508. The smallest absolute Gasteiger partial charge is 0.414 e. The Kier molecular flexibility index (Phi) is 3.99. The summed E-state index contributed by atoms with van der Waals surface area (Å²) in [5.74, 6) is 0. The van der Waals surface area contributed by atoms with E-state index in [9.17, 15) is 15.2 Å². The summed E-state index contributed by atoms with van der Waals surface area (Å²) in [4.78, 5) is 13.7. The summed E-state index contributed by atoms with van der Waals surface area (Å²) < 4.78 is 5.36. The van der Waals surface area contributed by atoms with Crippen LogP contribution in [0.25, 0.3) is 0 Å². The second kappa shape index (κ2) is 5.40. The van der Waals surface area contributed by atoms with E-state index in [2.05, 4.69) is 0 Å². The van der Waals surface area contributed by atoms with Gasteiger partial charge in [-0.3, -0.25) is 4.90 Å². The molecule has 110 valence electrons. The first-order chi connectivity index (χ1) is 9.26. The number of hydroxylamine groups is 2. The van der Waals surface area contributed by atoms with Crippen molar-refractivity contribution in [1.82, 2.24) is 0 Å². The van der Waals surface area contributed by atoms with Crippen molar-refractivity contribution in [3.8, 4) is 0 Å². The molecule has 0 aliphatic carbocycles. The van der Waals surface area contributed by atoms with Crippen molar-refractivity contribution < 1.29 is 14.8 Å². The number of amides is 1. The lowest BCUT2D eigenvalue weighted by Crippen LogP contribution is -3.00. The van der Waals surface area contributed by atoms with Crippen molar-refractivity contribution in [3.05, 3.63) is 39.7 Å². The van der Waals surface area contributed by atoms with E-state index in [4.69, 9.17) is 4.74 Å². The van der Waals surface area contributed by atoms with E-state index in [1.54, 1.807) is 17.0 Å². The van der Waals surface area contributed by atoms with Gasteiger partial charge in [-0.2, -0.15) is 0 Å². The predicted octanol–water partition coefficient (Wildman–Crippen LogP) is 1.36. The maximum Gasteiger partial charge on any atom is 0.414 e. The van der Waals surface area contributed by atoms with Crippen LogP contribution >= 0.6 is 0 Å². The molecular weight excluding hydrogens is 260 g/mol. The van der Waals surface area contributed by atoms with Crippen molar-refractivity contribution in [1.29, 1.82) is 0 Å². The number of hydrogen-bond acceptors (Lipinski definition) is 4. The molecule has 1 aromatic carbocycles. The van der Waals surface area contributed by atoms with Crippen molar-refractivity contribution >= 4 is 11.8 Å². The zero-order chi connectivity index (χ0) is 14.9. The number of rotatable bonds is 2. The van der Waals surface area contributed by atoms with Crippen molar-refractivity contribution in [2.45, 2.75) is 39.3 Å². The van der Waals surface area contributed by atoms with Crippen LogP contribution in [0.3, 0.4) is 0 Å². The van der Waals surface area contributed by atoms with Gasteiger partial charge in [0.1, 0.15) is 12.1 Å². The summed E-state index contributed by atoms with van der Waals surface area (Å²) in [7, 11) is 0. The first-order valence-corrected chi connectivity index (χ1v) is 6.58. The third-order valence-electron chi connectivity index (χ3n) is 3.00. The highest BCUT2D eigenvalue weighted by Gasteiger charge is 2.28. The van der Waals surface area contributed by atoms with Gasteiger partial charge in [0, 0.05) is 12.1 Å². The number of ether oxygens (including phenoxy) is 1. The standard InChI is InChI=1S/C14H19N2O4/c1-14(2,3)20-13(17)15-7-6-11-8-10(9-16(18)19)4-5-12(11)15/h4-5,8,16H,6-7,9H2,1-3H3/q-1. The van der Waals surface area contributed by atoms with E-state index in [-0.39, 0.29) is 12.6 Å². The zero-order valence-corrected chi connectivity index (χ0v) is 11.9. The van der Waals surface area contributed by atoms with E-state index in [1.807, 2.05) is 26.8 Å². The van der Waals surface area contributed by atoms with Crippen LogP contribution in [0.4, 0.5) is 10.5 Å². The molecule has 2 rings (SSSR count). The third-order valence-corrected chi connectivity index (χ3v) is 3.00. The van der Waals surface area contributed by atoms with Gasteiger partial charge < -0.3 is 20.4 Å². The zero-order valence-electron chi connectivity index (χ0n) is 11.9. The van der Waals surface area contributed by atoms with Crippen LogP contribution in [0.15, 0.2) is 18.2 Å². The van der Waals surface area contributed by atoms with Crippen LogP contribution < -0.4 is 10.1 Å². The largest absolute Gasteiger partial charge is 0.633 e. The van der Waals surface area contributed by atoms with Crippen molar-refractivity contribution in [3.63, 3.8) is 0 Å². The minimum Gasteiger partial charge on any atom is -0.633 e. The van der Waals surface area contributed by atoms with Crippen molar-refractivity contribution in [2.24, 2.45) is 0 Å². The molecule has 6 heteroatoms. The quantitative estimate of drug-likeness (QED) is 0.829. The second-order valence-corrected chi connectivity index (χ2v) is 5.89. The lowest BCUT2D eigenvalue weighted by atomic mass is 10.1. The number of hydrogen-bond donors (Lipinski definition) is 1. The van der Waals surface area contributed by atoms with Crippen LogP contribution in [-0.2, 0) is 17.7 Å². The van der Waals surface area contributed by atoms with Crippen LogP contribution in [0.2, 0.25) is 0 Å². The van der Waals surface area contributed by atoms with Gasteiger partial charge in [0.25, 0.3) is 0 Å². The fourth-order valence-electron chi connectivity index (χ4n) is 2.24. The van der Waals surface area contributed by atoms with Gasteiger partial charge in [0.2, 0.25) is 0 Å². The van der Waals surface area contributed by atoms with Crippen LogP contribution in [0.5, 0.6) is 0 Å². The topological polar surface area (TPSA) is 80.1 Å². The van der Waals surface area contributed by atoms with E-state index in [0.717, 1.165) is 11.3 Å². The van der Waals surface area contributed by atoms with E-state index >= 15 is 0 Å². The minimum absolute atomic E-state index is 0.111. The Hall–Kier alpha value is -1.63. The number of quaternary nitrogens is 1. The lowest BCUT2D eigenvalue weighted by molar-refractivity contribution is -0.807. The predicted molar refractivity (Wildman–Crippen MR) is 75.1 cm³/mol. The van der Waals surface area contributed by atoms with Gasteiger partial charge in [0.15, 0.2) is 0 Å². The Morgan fingerprint density at radius 3 is 2.70 bits per heavy atom. The van der Waals surface area contributed by atoms with Gasteiger partial charge in [-0.25, -0.2) is 4.79 Å². The van der Waals surface area contributed by atoms with Gasteiger partial charge in [-0.15, -0.1) is 0 Å². The summed E-state index contributed by atoms with van der Waals surface area (Å²) in [5.41, 5.74) is 1.92. The van der Waals surface area contributed by atoms with Gasteiger partial charge in [0.05, 0.1) is 5.69 Å². The Morgan fingerprint density at radius 1 is 1.40 bits per heavy atom. The monoisotopic (exact) mass is 279 g/mol. The van der Waals surface area contributed by atoms with Gasteiger partial charge in [-0.1, -0.05) is 6.07 Å². The third kappa shape index (κ3) is 3.47. The van der Waals surface area contributed by atoms with Crippen molar-refractivity contribution in [2.75, 3.05) is 11.4 Å². The molecule has 1 amide bonds. The maximum absolute atomic E-state index is 12.1. The average Bonchev–Trinajstić information content (AvgIpc) is 2.68. The summed E-state index contributed by atoms with van der Waals surface area (Å²) in [6, 6.07) is 5.29. The summed E-state index contributed by atoms with van der Waals surface area (Å²) >= 11 is 0. The van der Waals surface area contributed by atoms with Gasteiger partial charge in [-0.05, 0) is 44.9 Å². The molecule has 6 nitrogen and oxygen atoms in total. The molecule has 1 heterocycles. The normalized spacial score (nSPS) is 14.6. The molecule has 1 N–H and O–H groups in total. The number of carbonyl (C=O) groups is 1. The summed E-state index contributed by atoms with van der Waals surface area (Å²) in [6.45, 7) is 5.92. The molecule has 0 spiro atoms. The number of anilines is 1. The number of nitrogens with zero attached hydrogens (tertiary/aromatic N) is 1. The molecule has 1 aromatic rings. The number of carbonyl (C=O) groups excluding carboxylic acids is 1. The number of benzene rings is 1. The highest BCUT2D eigenvalue weighted by atomic mass is 16.8. The molecule has 0 aromatic heterocycles. The summed E-state index contributed by atoms with van der Waals surface area (Å²) in [6.07, 6.45) is 0.332. The molecule has 0 fully saturated rings. The minimum atomic E-state index is -1.10. The Labute approximate surface area is 118 Å². The molecule has 1 aliphatic heterocycles. The molecule has 0 unspecified atom stereocenters. The summed E-state index contributed by atoms with van der Waals surface area (Å²) in [5, 5.41) is 20.1. The molecular formula is C14H19N2O4-. The molecule has 1 aliphatic rings. The molecule has 0 radical (unpaired) electrons. The SMILES string of the molecule is CC(C)(C)OC(=O)N1CCc2cc(C[NH+]([O-])[O-])ccc21. The average molecular weight is 279 g/mol. The molecule has 0 saturated heterocycles. The second-order valence-electron chi connectivity index (χ2n) is 5.89. The first kappa shape index (κ1) is 14.8. The van der Waals surface area contributed by atoms with Crippen LogP contribution in [-0.4, -0.2) is 18.2 Å². The van der Waals surface area contributed by atoms with E-state index < -0.39 is 10.8 Å². The fourth-order valence-corrected chi connectivity index (χ4v) is 2.24. The Morgan fingerprint density at radius 2 is 2.10 bits per heavy atom. The first-order valence-electron chi connectivity index (χ1n) is 6.58. The number of fused-ring (bicyclic) bond motifs is 1. The number of nitrogens with one attached hydrogen (secondary N) is 1. The van der Waals surface area contributed by atoms with E-state index in [1.165, 1.54) is 0 Å². The highest BCUT2D eigenvalue weighted by molar-refractivity contribution is 5.90. The molecule has 20 heavy (non-hydrogen) atoms. The van der Waals surface area contributed by atoms with Gasteiger partial charge >= 0.3 is 6.09 Å². The fraction of sp³-hybridized carbons (Fsp3) is 0.500. The molecule has 0 bridgehead atoms. The lowest BCUT2D eigenvalue weighted by Gasteiger charge is -2.26. The van der Waals surface area contributed by atoms with E-state index in [0.29, 0.717) is 18.5 Å². The molecule has 0 saturated carbocycles. The Balaban J connectivity index is 2.15. The van der Waals surface area contributed by atoms with Crippen LogP contribution in [0.1, 0.15) is 31.9 Å². The molecule has 0 atom stereocenters. The maximum atomic E-state index is 12.1. The van der Waals surface area contributed by atoms with Crippen LogP contribution in [0, 0.1) is 10.4 Å². The highest BCUT2D eigenvalue weighted by Crippen LogP contribution is 2.30.